The maximum atomic E-state index is 12.4. The van der Waals surface area contributed by atoms with Crippen molar-refractivity contribution in [2.24, 2.45) is 0 Å². The Hall–Kier alpha value is -3.54. The molecule has 0 saturated carbocycles. The Bertz CT molecular complexity index is 955. The number of nitro groups is 1. The molecule has 6 heteroatoms. The fourth-order valence-electron chi connectivity index (χ4n) is 2.80. The van der Waals surface area contributed by atoms with E-state index in [1.807, 2.05) is 30.3 Å². The van der Waals surface area contributed by atoms with E-state index >= 15 is 0 Å². The van der Waals surface area contributed by atoms with Crippen LogP contribution in [0.2, 0.25) is 0 Å². The van der Waals surface area contributed by atoms with Gasteiger partial charge in [0.25, 0.3) is 5.69 Å². The van der Waals surface area contributed by atoms with Gasteiger partial charge < -0.3 is 4.74 Å². The third-order valence-electron chi connectivity index (χ3n) is 3.87. The van der Waals surface area contributed by atoms with Crippen LogP contribution in [0.3, 0.4) is 0 Å². The number of nitro benzene ring substituents is 1. The summed E-state index contributed by atoms with van der Waals surface area (Å²) in [5, 5.41) is 11.5. The molecule has 130 valence electrons. The monoisotopic (exact) mass is 348 g/mol. The molecule has 0 amide bonds. The van der Waals surface area contributed by atoms with E-state index < -0.39 is 10.9 Å². The van der Waals surface area contributed by atoms with Crippen LogP contribution >= 0.6 is 0 Å². The standard InChI is InChI=1S/C20H16N2O4/c1-2-26-20(23)19-18(14-8-4-3-5-9-14)16(12-13-21-19)15-10-6-7-11-17(15)22(24)25/h3-13H,2H2,1H3. The normalized spacial score (nSPS) is 10.3. The highest BCUT2D eigenvalue weighted by molar-refractivity contribution is 6.01. The van der Waals surface area contributed by atoms with E-state index in [-0.39, 0.29) is 18.0 Å². The minimum atomic E-state index is -0.563. The Kier molecular flexibility index (Phi) is 5.03. The molecule has 0 aliphatic rings. The maximum Gasteiger partial charge on any atom is 0.357 e. The molecule has 26 heavy (non-hydrogen) atoms. The van der Waals surface area contributed by atoms with Crippen molar-refractivity contribution < 1.29 is 14.5 Å². The SMILES string of the molecule is CCOC(=O)c1nccc(-c2ccccc2[N+](=O)[O-])c1-c1ccccc1. The third kappa shape index (κ3) is 3.30. The van der Waals surface area contributed by atoms with E-state index in [2.05, 4.69) is 4.98 Å². The summed E-state index contributed by atoms with van der Waals surface area (Å²) in [6.45, 7) is 1.93. The molecule has 0 N–H and O–H groups in total. The summed E-state index contributed by atoms with van der Waals surface area (Å²) in [4.78, 5) is 27.6. The van der Waals surface area contributed by atoms with Gasteiger partial charge in [-0.2, -0.15) is 0 Å². The van der Waals surface area contributed by atoms with Crippen LogP contribution in [0.5, 0.6) is 0 Å². The highest BCUT2D eigenvalue weighted by Gasteiger charge is 2.23. The first-order chi connectivity index (χ1) is 12.6. The quantitative estimate of drug-likeness (QED) is 0.385. The number of para-hydroxylation sites is 1. The van der Waals surface area contributed by atoms with Crippen molar-refractivity contribution >= 4 is 11.7 Å². The van der Waals surface area contributed by atoms with Gasteiger partial charge in [0.1, 0.15) is 0 Å². The van der Waals surface area contributed by atoms with Crippen LogP contribution in [0.15, 0.2) is 66.9 Å². The summed E-state index contributed by atoms with van der Waals surface area (Å²) in [5.74, 6) is -0.563. The van der Waals surface area contributed by atoms with Crippen LogP contribution in [-0.2, 0) is 4.74 Å². The minimum absolute atomic E-state index is 0.0364. The zero-order valence-electron chi connectivity index (χ0n) is 14.1. The Balaban J connectivity index is 2.32. The lowest BCUT2D eigenvalue weighted by molar-refractivity contribution is -0.384. The van der Waals surface area contributed by atoms with Gasteiger partial charge in [0.2, 0.25) is 0 Å². The number of pyridine rings is 1. The lowest BCUT2D eigenvalue weighted by Gasteiger charge is -2.14. The van der Waals surface area contributed by atoms with Gasteiger partial charge in [-0.05, 0) is 24.6 Å². The molecule has 1 aromatic heterocycles. The van der Waals surface area contributed by atoms with E-state index in [1.165, 1.54) is 12.3 Å². The Morgan fingerprint density at radius 2 is 1.73 bits per heavy atom. The predicted molar refractivity (Wildman–Crippen MR) is 97.7 cm³/mol. The molecule has 1 heterocycles. The van der Waals surface area contributed by atoms with Crippen molar-refractivity contribution in [2.45, 2.75) is 6.92 Å². The number of carbonyl (C=O) groups is 1. The highest BCUT2D eigenvalue weighted by Crippen LogP contribution is 2.38. The summed E-state index contributed by atoms with van der Waals surface area (Å²) in [7, 11) is 0. The Labute approximate surface area is 150 Å². The van der Waals surface area contributed by atoms with Gasteiger partial charge in [-0.25, -0.2) is 9.78 Å². The smallest absolute Gasteiger partial charge is 0.357 e. The third-order valence-corrected chi connectivity index (χ3v) is 3.87. The van der Waals surface area contributed by atoms with E-state index in [0.717, 1.165) is 5.56 Å². The number of ether oxygens (including phenoxy) is 1. The zero-order chi connectivity index (χ0) is 18.5. The van der Waals surface area contributed by atoms with Crippen molar-refractivity contribution in [1.29, 1.82) is 0 Å². The van der Waals surface area contributed by atoms with Crippen molar-refractivity contribution in [3.8, 4) is 22.3 Å². The average molecular weight is 348 g/mol. The molecule has 0 aliphatic carbocycles. The van der Waals surface area contributed by atoms with Crippen molar-refractivity contribution in [3.63, 3.8) is 0 Å². The van der Waals surface area contributed by atoms with Gasteiger partial charge in [0.05, 0.1) is 17.1 Å². The summed E-state index contributed by atoms with van der Waals surface area (Å²) in [5.41, 5.74) is 2.32. The van der Waals surface area contributed by atoms with Crippen LogP contribution in [0, 0.1) is 10.1 Å². The van der Waals surface area contributed by atoms with Crippen molar-refractivity contribution in [1.82, 2.24) is 4.98 Å². The molecular formula is C20H16N2O4. The van der Waals surface area contributed by atoms with Gasteiger partial charge in [0.15, 0.2) is 5.69 Å². The van der Waals surface area contributed by atoms with Gasteiger partial charge in [0, 0.05) is 23.4 Å². The Morgan fingerprint density at radius 3 is 2.42 bits per heavy atom. The maximum absolute atomic E-state index is 12.4. The number of aromatic nitrogens is 1. The first-order valence-electron chi connectivity index (χ1n) is 8.08. The number of esters is 1. The number of carbonyl (C=O) groups excluding carboxylic acids is 1. The number of benzene rings is 2. The van der Waals surface area contributed by atoms with Gasteiger partial charge in [-0.3, -0.25) is 10.1 Å². The largest absolute Gasteiger partial charge is 0.461 e. The predicted octanol–water partition coefficient (Wildman–Crippen LogP) is 4.50. The van der Waals surface area contributed by atoms with Crippen LogP contribution in [0.4, 0.5) is 5.69 Å². The van der Waals surface area contributed by atoms with Crippen molar-refractivity contribution in [3.05, 3.63) is 82.7 Å². The first-order valence-corrected chi connectivity index (χ1v) is 8.08. The van der Waals surface area contributed by atoms with Crippen LogP contribution in [-0.4, -0.2) is 22.5 Å². The molecule has 0 saturated heterocycles. The molecule has 6 nitrogen and oxygen atoms in total. The second-order valence-corrected chi connectivity index (χ2v) is 5.44. The molecule has 0 fully saturated rings. The highest BCUT2D eigenvalue weighted by atomic mass is 16.6. The van der Waals surface area contributed by atoms with Crippen LogP contribution in [0.1, 0.15) is 17.4 Å². The van der Waals surface area contributed by atoms with E-state index in [9.17, 15) is 14.9 Å². The molecule has 0 unspecified atom stereocenters. The number of rotatable bonds is 5. The van der Waals surface area contributed by atoms with Gasteiger partial charge >= 0.3 is 5.97 Å². The number of nitrogens with zero attached hydrogens (tertiary/aromatic N) is 2. The zero-order valence-corrected chi connectivity index (χ0v) is 14.1. The summed E-state index contributed by atoms with van der Waals surface area (Å²) in [6.07, 6.45) is 1.46. The van der Waals surface area contributed by atoms with Crippen molar-refractivity contribution in [2.75, 3.05) is 6.61 Å². The first kappa shape index (κ1) is 17.3. The van der Waals surface area contributed by atoms with E-state index in [1.54, 1.807) is 31.2 Å². The molecule has 0 aliphatic heterocycles. The fraction of sp³-hybridized carbons (Fsp3) is 0.100. The number of hydrogen-bond acceptors (Lipinski definition) is 5. The Morgan fingerprint density at radius 1 is 1.04 bits per heavy atom. The van der Waals surface area contributed by atoms with E-state index in [4.69, 9.17) is 4.74 Å². The lowest BCUT2D eigenvalue weighted by atomic mass is 9.92. The molecule has 0 spiro atoms. The van der Waals surface area contributed by atoms with Gasteiger partial charge in [-0.15, -0.1) is 0 Å². The van der Waals surface area contributed by atoms with Crippen LogP contribution < -0.4 is 0 Å². The lowest BCUT2D eigenvalue weighted by Crippen LogP contribution is -2.10. The topological polar surface area (TPSA) is 82.3 Å². The molecule has 0 radical (unpaired) electrons. The summed E-state index contributed by atoms with van der Waals surface area (Å²) in [6, 6.07) is 17.3. The summed E-state index contributed by atoms with van der Waals surface area (Å²) < 4.78 is 5.12. The molecule has 3 aromatic rings. The van der Waals surface area contributed by atoms with Crippen LogP contribution in [0.25, 0.3) is 22.3 Å². The average Bonchev–Trinajstić information content (AvgIpc) is 2.68. The second kappa shape index (κ2) is 7.57. The minimum Gasteiger partial charge on any atom is -0.461 e. The molecular weight excluding hydrogens is 332 g/mol. The molecule has 0 atom stereocenters. The fourth-order valence-corrected chi connectivity index (χ4v) is 2.80. The van der Waals surface area contributed by atoms with Gasteiger partial charge in [-0.1, -0.05) is 42.5 Å². The second-order valence-electron chi connectivity index (χ2n) is 5.44. The molecule has 0 bridgehead atoms. The van der Waals surface area contributed by atoms with E-state index in [0.29, 0.717) is 16.7 Å². The molecule has 2 aromatic carbocycles. The number of hydrogen-bond donors (Lipinski definition) is 0. The summed E-state index contributed by atoms with van der Waals surface area (Å²) >= 11 is 0. The molecule has 3 rings (SSSR count).